The number of hydrogen-bond acceptors (Lipinski definition) is 4. The minimum Gasteiger partial charge on any atom is -0.351 e. The Bertz CT molecular complexity index is 527. The molecule has 1 heterocycles. The van der Waals surface area contributed by atoms with Crippen molar-refractivity contribution in [1.82, 2.24) is 10.2 Å². The van der Waals surface area contributed by atoms with Gasteiger partial charge in [0.25, 0.3) is 5.91 Å². The van der Waals surface area contributed by atoms with Crippen LogP contribution in [-0.4, -0.2) is 47.1 Å². The second-order valence-electron chi connectivity index (χ2n) is 4.67. The van der Waals surface area contributed by atoms with Gasteiger partial charge in [0, 0.05) is 29.6 Å². The summed E-state index contributed by atoms with van der Waals surface area (Å²) in [6.07, 6.45) is 1.60. The van der Waals surface area contributed by atoms with Crippen LogP contribution in [0.4, 0.5) is 0 Å². The number of carbonyl (C=O) groups excluding carboxylic acids is 1. The predicted molar refractivity (Wildman–Crippen MR) is 77.5 cm³/mol. The summed E-state index contributed by atoms with van der Waals surface area (Å²) in [5, 5.41) is 4.17. The number of likely N-dealkylation sites (N-methyl/N-ethyl adjacent to an activating group) is 1. The molecule has 0 atom stereocenters. The number of amides is 1. The van der Waals surface area contributed by atoms with Crippen molar-refractivity contribution >= 4 is 22.6 Å². The van der Waals surface area contributed by atoms with E-state index in [4.69, 9.17) is 0 Å². The number of nitrogens with one attached hydrogen (secondary N) is 1. The first-order chi connectivity index (χ1) is 8.92. The molecule has 1 aromatic rings. The van der Waals surface area contributed by atoms with Crippen molar-refractivity contribution in [3.05, 3.63) is 34.7 Å². The Balaban J connectivity index is 2.16. The Hall–Kier alpha value is -1.34. The second kappa shape index (κ2) is 5.34. The van der Waals surface area contributed by atoms with E-state index in [9.17, 15) is 13.9 Å². The fourth-order valence-electron chi connectivity index (χ4n) is 1.90. The van der Waals surface area contributed by atoms with E-state index in [0.29, 0.717) is 22.6 Å². The van der Waals surface area contributed by atoms with Crippen LogP contribution in [0, 0.1) is 0 Å². The summed E-state index contributed by atoms with van der Waals surface area (Å²) in [5.74, 6) is -0.194. The zero-order chi connectivity index (χ0) is 14.0. The summed E-state index contributed by atoms with van der Waals surface area (Å²) >= 11 is 0. The van der Waals surface area contributed by atoms with Gasteiger partial charge in [0.2, 0.25) is 0 Å². The van der Waals surface area contributed by atoms with Crippen molar-refractivity contribution in [3.63, 3.8) is 0 Å². The highest BCUT2D eigenvalue weighted by Crippen LogP contribution is 2.56. The molecule has 0 spiro atoms. The van der Waals surface area contributed by atoms with E-state index in [-0.39, 0.29) is 5.91 Å². The average molecular weight is 282 g/mol. The average Bonchev–Trinajstić information content (AvgIpc) is 2.65. The van der Waals surface area contributed by atoms with E-state index in [0.717, 1.165) is 6.54 Å². The van der Waals surface area contributed by atoms with Crippen molar-refractivity contribution in [3.8, 4) is 0 Å². The molecule has 0 saturated carbocycles. The van der Waals surface area contributed by atoms with Crippen LogP contribution in [0.1, 0.15) is 15.9 Å². The smallest absolute Gasteiger partial charge is 0.252 e. The zero-order valence-electron chi connectivity index (χ0n) is 11.0. The van der Waals surface area contributed by atoms with Crippen molar-refractivity contribution in [1.29, 1.82) is 0 Å². The van der Waals surface area contributed by atoms with E-state index in [1.54, 1.807) is 24.3 Å². The van der Waals surface area contributed by atoms with Crippen LogP contribution in [-0.2, 0) is 0 Å². The van der Waals surface area contributed by atoms with Gasteiger partial charge in [-0.2, -0.15) is 0 Å². The molecular formula is C13H18N2O3S. The fourth-order valence-corrected chi connectivity index (χ4v) is 3.15. The van der Waals surface area contributed by atoms with Gasteiger partial charge in [-0.3, -0.25) is 13.9 Å². The lowest BCUT2D eigenvalue weighted by atomic mass is 10.1. The summed E-state index contributed by atoms with van der Waals surface area (Å²) in [6.45, 7) is 1.31. The summed E-state index contributed by atoms with van der Waals surface area (Å²) in [6, 6.07) is 5.00. The monoisotopic (exact) mass is 282 g/mol. The molecule has 0 bridgehead atoms. The molecule has 19 heavy (non-hydrogen) atoms. The van der Waals surface area contributed by atoms with Gasteiger partial charge in [-0.05, 0) is 32.3 Å². The number of hydrogen-bond donors (Lipinski definition) is 3. The first-order valence-corrected chi connectivity index (χ1v) is 7.55. The lowest BCUT2D eigenvalue weighted by molar-refractivity contribution is 0.0950. The summed E-state index contributed by atoms with van der Waals surface area (Å²) in [4.78, 5) is 14.5. The summed E-state index contributed by atoms with van der Waals surface area (Å²) in [7, 11) is 1.01. The maximum Gasteiger partial charge on any atom is 0.252 e. The molecule has 0 aliphatic carbocycles. The standard InChI is InChI=1S/C13H18N2O3S/c1-15(2)8-7-14-13(16)11-4-3-5-12-10(11)6-9-19(12,17)18/h3-6,9,17-18H,7-8H2,1-2H3,(H,14,16). The number of rotatable bonds is 4. The summed E-state index contributed by atoms with van der Waals surface area (Å²) in [5.41, 5.74) is 1.08. The largest absolute Gasteiger partial charge is 0.351 e. The lowest BCUT2D eigenvalue weighted by Gasteiger charge is -2.25. The van der Waals surface area contributed by atoms with Crippen molar-refractivity contribution in [2.75, 3.05) is 27.2 Å². The molecule has 0 saturated heterocycles. The highest BCUT2D eigenvalue weighted by molar-refractivity contribution is 8.27. The van der Waals surface area contributed by atoms with Crippen LogP contribution < -0.4 is 5.32 Å². The van der Waals surface area contributed by atoms with Gasteiger partial charge in [0.15, 0.2) is 0 Å². The normalized spacial score (nSPS) is 17.3. The molecule has 0 unspecified atom stereocenters. The molecule has 0 fully saturated rings. The van der Waals surface area contributed by atoms with Crippen molar-refractivity contribution < 1.29 is 13.9 Å². The molecule has 1 aliphatic heterocycles. The molecule has 1 aromatic carbocycles. The molecule has 3 N–H and O–H groups in total. The highest BCUT2D eigenvalue weighted by atomic mass is 32.3. The molecule has 6 heteroatoms. The Morgan fingerprint density at radius 2 is 2.11 bits per heavy atom. The molecular weight excluding hydrogens is 264 g/mol. The Morgan fingerprint density at radius 1 is 1.37 bits per heavy atom. The van der Waals surface area contributed by atoms with Crippen LogP contribution in [0.5, 0.6) is 0 Å². The van der Waals surface area contributed by atoms with Gasteiger partial charge in [-0.1, -0.05) is 6.07 Å². The fraction of sp³-hybridized carbons (Fsp3) is 0.308. The van der Waals surface area contributed by atoms with Crippen LogP contribution >= 0.6 is 10.6 Å². The Kier molecular flexibility index (Phi) is 3.96. The quantitative estimate of drug-likeness (QED) is 0.790. The van der Waals surface area contributed by atoms with Gasteiger partial charge in [-0.25, -0.2) is 0 Å². The second-order valence-corrected chi connectivity index (χ2v) is 6.57. The first kappa shape index (κ1) is 14.1. The van der Waals surface area contributed by atoms with Gasteiger partial charge in [-0.15, -0.1) is 10.6 Å². The van der Waals surface area contributed by atoms with E-state index < -0.39 is 10.6 Å². The minimum absolute atomic E-state index is 0.194. The molecule has 1 aliphatic rings. The van der Waals surface area contributed by atoms with E-state index in [2.05, 4.69) is 5.32 Å². The van der Waals surface area contributed by atoms with E-state index in [1.165, 1.54) is 5.41 Å². The van der Waals surface area contributed by atoms with Crippen LogP contribution in [0.15, 0.2) is 28.5 Å². The Labute approximate surface area is 114 Å². The van der Waals surface area contributed by atoms with Gasteiger partial charge in [0.05, 0.1) is 4.90 Å². The maximum atomic E-state index is 12.1. The summed E-state index contributed by atoms with van der Waals surface area (Å²) < 4.78 is 19.6. The van der Waals surface area contributed by atoms with Crippen LogP contribution in [0.25, 0.3) is 6.08 Å². The van der Waals surface area contributed by atoms with Gasteiger partial charge >= 0.3 is 0 Å². The number of fused-ring (bicyclic) bond motifs is 1. The van der Waals surface area contributed by atoms with Crippen molar-refractivity contribution in [2.24, 2.45) is 0 Å². The molecule has 5 nitrogen and oxygen atoms in total. The zero-order valence-corrected chi connectivity index (χ0v) is 11.8. The molecule has 0 aromatic heterocycles. The molecule has 104 valence electrons. The maximum absolute atomic E-state index is 12.1. The minimum atomic E-state index is -2.86. The molecule has 1 amide bonds. The predicted octanol–water partition coefficient (Wildman–Crippen LogP) is 2.07. The number of nitrogens with zero attached hydrogens (tertiary/aromatic N) is 1. The number of benzene rings is 1. The third-order valence-corrected chi connectivity index (χ3v) is 4.42. The van der Waals surface area contributed by atoms with Crippen LogP contribution in [0.3, 0.4) is 0 Å². The topological polar surface area (TPSA) is 72.8 Å². The Morgan fingerprint density at radius 3 is 2.79 bits per heavy atom. The third-order valence-electron chi connectivity index (χ3n) is 2.90. The van der Waals surface area contributed by atoms with E-state index in [1.807, 2.05) is 19.0 Å². The van der Waals surface area contributed by atoms with E-state index >= 15 is 0 Å². The van der Waals surface area contributed by atoms with Gasteiger partial charge < -0.3 is 10.2 Å². The number of carbonyl (C=O) groups is 1. The van der Waals surface area contributed by atoms with Gasteiger partial charge in [0.1, 0.15) is 0 Å². The molecule has 2 rings (SSSR count). The first-order valence-electron chi connectivity index (χ1n) is 5.94. The SMILES string of the molecule is CN(C)CCNC(=O)c1cccc2c1C=CS2(O)O. The highest BCUT2D eigenvalue weighted by Gasteiger charge is 2.25. The molecule has 0 radical (unpaired) electrons. The third kappa shape index (κ3) is 2.98. The lowest BCUT2D eigenvalue weighted by Crippen LogP contribution is -2.31. The van der Waals surface area contributed by atoms with Crippen LogP contribution in [0.2, 0.25) is 0 Å². The van der Waals surface area contributed by atoms with Crippen molar-refractivity contribution in [2.45, 2.75) is 4.90 Å².